The molecule has 0 unspecified atom stereocenters. The van der Waals surface area contributed by atoms with Gasteiger partial charge in [0.15, 0.2) is 0 Å². The third kappa shape index (κ3) is 6.61. The Morgan fingerprint density at radius 1 is 1.03 bits per heavy atom. The molecule has 0 atom stereocenters. The summed E-state index contributed by atoms with van der Waals surface area (Å²) in [6, 6.07) is 11.8. The lowest BCUT2D eigenvalue weighted by atomic mass is 9.97. The van der Waals surface area contributed by atoms with Crippen molar-refractivity contribution in [3.05, 3.63) is 58.1 Å². The fourth-order valence-electron chi connectivity index (χ4n) is 4.13. The van der Waals surface area contributed by atoms with Gasteiger partial charge in [-0.15, -0.1) is 0 Å². The summed E-state index contributed by atoms with van der Waals surface area (Å²) in [6.07, 6.45) is 4.43. The average Bonchev–Trinajstić information content (AvgIpc) is 2.87. The highest BCUT2D eigenvalue weighted by Gasteiger charge is 2.24. The fourth-order valence-corrected chi connectivity index (χ4v) is 6.67. The van der Waals surface area contributed by atoms with Gasteiger partial charge < -0.3 is 14.9 Å². The molecule has 2 aliphatic rings. The van der Waals surface area contributed by atoms with Crippen LogP contribution in [0.5, 0.6) is 0 Å². The van der Waals surface area contributed by atoms with Crippen LogP contribution in [0.2, 0.25) is 10.0 Å². The largest absolute Gasteiger partial charge is 0.481 e. The number of amides is 1. The maximum atomic E-state index is 12.4. The summed E-state index contributed by atoms with van der Waals surface area (Å²) in [5.74, 6) is -0.0818. The van der Waals surface area contributed by atoms with Crippen LogP contribution >= 0.6 is 35.0 Å². The zero-order chi connectivity index (χ0) is 24.9. The Morgan fingerprint density at radius 2 is 1.74 bits per heavy atom. The van der Waals surface area contributed by atoms with Gasteiger partial charge in [0.1, 0.15) is 0 Å². The summed E-state index contributed by atoms with van der Waals surface area (Å²) < 4.78 is 11.5. The smallest absolute Gasteiger partial charge is 0.306 e. The average molecular weight is 554 g/mol. The highest BCUT2D eigenvalue weighted by Crippen LogP contribution is 2.40. The summed E-state index contributed by atoms with van der Waals surface area (Å²) in [4.78, 5) is 29.3. The summed E-state index contributed by atoms with van der Waals surface area (Å²) in [6.45, 7) is 2.42. The second kappa shape index (κ2) is 11.8. The number of piperidine rings is 1. The first-order valence-corrected chi connectivity index (χ1v) is 14.4. The number of benzene rings is 2. The van der Waals surface area contributed by atoms with E-state index in [1.807, 2.05) is 30.3 Å². The minimum absolute atomic E-state index is 0.128. The predicted molar refractivity (Wildman–Crippen MR) is 143 cm³/mol. The molecule has 2 aromatic rings. The highest BCUT2D eigenvalue weighted by molar-refractivity contribution is 7.99. The second-order valence-corrected chi connectivity index (χ2v) is 12.1. The summed E-state index contributed by atoms with van der Waals surface area (Å²) >= 11 is 14.6. The van der Waals surface area contributed by atoms with Crippen molar-refractivity contribution in [1.82, 2.24) is 4.90 Å². The van der Waals surface area contributed by atoms with E-state index in [-0.39, 0.29) is 11.8 Å². The van der Waals surface area contributed by atoms with Gasteiger partial charge in [-0.3, -0.25) is 13.8 Å². The molecule has 2 heterocycles. The molecule has 0 spiro atoms. The molecule has 2 aliphatic heterocycles. The number of rotatable bonds is 6. The van der Waals surface area contributed by atoms with E-state index in [9.17, 15) is 18.9 Å². The van der Waals surface area contributed by atoms with Crippen LogP contribution in [-0.2, 0) is 20.4 Å². The number of nitrogens with zero attached hydrogens (tertiary/aromatic N) is 2. The van der Waals surface area contributed by atoms with Gasteiger partial charge in [0, 0.05) is 70.0 Å². The van der Waals surface area contributed by atoms with Crippen molar-refractivity contribution in [2.45, 2.75) is 22.6 Å². The third-order valence-corrected chi connectivity index (χ3v) is 9.56. The number of carboxylic acids is 1. The summed E-state index contributed by atoms with van der Waals surface area (Å²) in [5, 5.41) is 10.0. The van der Waals surface area contributed by atoms with Crippen LogP contribution in [0.25, 0.3) is 6.08 Å². The van der Waals surface area contributed by atoms with Crippen LogP contribution in [-0.4, -0.2) is 63.8 Å². The van der Waals surface area contributed by atoms with Gasteiger partial charge in [-0.05, 0) is 48.7 Å². The molecule has 2 saturated heterocycles. The standard InChI is InChI=1S/C25H26Cl2N2O4S2/c26-23-17(5-7-22(30)29-12-14-35(33)15-13-29)4-6-21(24(23)27)34-20-3-1-2-19(16-20)28-10-8-18(9-11-28)25(31)32/h1-7,16,18H,8-15H2,(H,31,32). The predicted octanol–water partition coefficient (Wildman–Crippen LogP) is 5.05. The van der Waals surface area contributed by atoms with E-state index in [0.717, 1.165) is 15.5 Å². The van der Waals surface area contributed by atoms with Gasteiger partial charge in [-0.2, -0.15) is 0 Å². The molecule has 0 bridgehead atoms. The first-order valence-electron chi connectivity index (χ1n) is 11.4. The quantitative estimate of drug-likeness (QED) is 0.505. The summed E-state index contributed by atoms with van der Waals surface area (Å²) in [7, 11) is -0.833. The van der Waals surface area contributed by atoms with Crippen molar-refractivity contribution in [2.75, 3.05) is 42.6 Å². The molecule has 6 nitrogen and oxygen atoms in total. The van der Waals surface area contributed by atoms with E-state index < -0.39 is 16.8 Å². The molecule has 0 radical (unpaired) electrons. The number of aliphatic carboxylic acids is 1. The van der Waals surface area contributed by atoms with E-state index in [1.165, 1.54) is 17.8 Å². The number of carboxylic acid groups (broad SMARTS) is 1. The maximum Gasteiger partial charge on any atom is 0.306 e. The number of carbonyl (C=O) groups is 2. The van der Waals surface area contributed by atoms with Gasteiger partial charge in [0.25, 0.3) is 0 Å². The molecule has 0 saturated carbocycles. The first kappa shape index (κ1) is 26.1. The lowest BCUT2D eigenvalue weighted by Crippen LogP contribution is -2.40. The minimum atomic E-state index is -0.833. The van der Waals surface area contributed by atoms with Crippen LogP contribution in [0.15, 0.2) is 52.3 Å². The SMILES string of the molecule is O=C(O)C1CCN(c2cccc(Sc3ccc(C=CC(=O)N4CCS(=O)CC4)c(Cl)c3Cl)c2)CC1. The zero-order valence-corrected chi connectivity index (χ0v) is 22.1. The van der Waals surface area contributed by atoms with Crippen molar-refractivity contribution < 1.29 is 18.9 Å². The summed E-state index contributed by atoms with van der Waals surface area (Å²) in [5.41, 5.74) is 1.71. The van der Waals surface area contributed by atoms with Gasteiger partial charge in [0.05, 0.1) is 16.0 Å². The van der Waals surface area contributed by atoms with Crippen LogP contribution < -0.4 is 4.90 Å². The Morgan fingerprint density at radius 3 is 2.43 bits per heavy atom. The normalized spacial score (nSPS) is 17.8. The lowest BCUT2D eigenvalue weighted by molar-refractivity contribution is -0.142. The van der Waals surface area contributed by atoms with Crippen molar-refractivity contribution in [3.8, 4) is 0 Å². The van der Waals surface area contributed by atoms with E-state index in [0.29, 0.717) is 66.1 Å². The van der Waals surface area contributed by atoms with E-state index in [1.54, 1.807) is 11.0 Å². The van der Waals surface area contributed by atoms with Crippen LogP contribution in [0.1, 0.15) is 18.4 Å². The molecule has 186 valence electrons. The Hall–Kier alpha value is -2.00. The highest BCUT2D eigenvalue weighted by atomic mass is 35.5. The molecule has 2 fully saturated rings. The number of hydrogen-bond acceptors (Lipinski definition) is 5. The molecule has 2 aromatic carbocycles. The lowest BCUT2D eigenvalue weighted by Gasteiger charge is -2.32. The molecular weight excluding hydrogens is 527 g/mol. The van der Waals surface area contributed by atoms with E-state index in [2.05, 4.69) is 11.0 Å². The number of anilines is 1. The third-order valence-electron chi connectivity index (χ3n) is 6.23. The van der Waals surface area contributed by atoms with Gasteiger partial charge in [0.2, 0.25) is 5.91 Å². The Balaban J connectivity index is 1.42. The Labute approximate surface area is 221 Å². The molecular formula is C25H26Cl2N2O4S2. The molecule has 0 aromatic heterocycles. The monoisotopic (exact) mass is 552 g/mol. The molecule has 35 heavy (non-hydrogen) atoms. The second-order valence-electron chi connectivity index (χ2n) is 8.49. The van der Waals surface area contributed by atoms with Gasteiger partial charge >= 0.3 is 5.97 Å². The molecule has 0 aliphatic carbocycles. The Bertz CT molecular complexity index is 1160. The van der Waals surface area contributed by atoms with Crippen molar-refractivity contribution in [3.63, 3.8) is 0 Å². The van der Waals surface area contributed by atoms with Crippen molar-refractivity contribution in [1.29, 1.82) is 0 Å². The van der Waals surface area contributed by atoms with Crippen LogP contribution in [0, 0.1) is 5.92 Å². The number of halogens is 2. The van der Waals surface area contributed by atoms with E-state index >= 15 is 0 Å². The van der Waals surface area contributed by atoms with Crippen molar-refractivity contribution >= 4 is 69.4 Å². The molecule has 4 rings (SSSR count). The fraction of sp³-hybridized carbons (Fsp3) is 0.360. The van der Waals surface area contributed by atoms with Gasteiger partial charge in [-0.1, -0.05) is 47.1 Å². The minimum Gasteiger partial charge on any atom is -0.481 e. The zero-order valence-electron chi connectivity index (χ0n) is 19.0. The van der Waals surface area contributed by atoms with E-state index in [4.69, 9.17) is 23.2 Å². The maximum absolute atomic E-state index is 12.4. The first-order chi connectivity index (χ1) is 16.8. The van der Waals surface area contributed by atoms with Gasteiger partial charge in [-0.25, -0.2) is 0 Å². The number of carbonyl (C=O) groups excluding carboxylic acids is 1. The number of hydrogen-bond donors (Lipinski definition) is 1. The molecule has 1 N–H and O–H groups in total. The Kier molecular flexibility index (Phi) is 8.81. The molecule has 10 heteroatoms. The topological polar surface area (TPSA) is 77.9 Å². The van der Waals surface area contributed by atoms with Crippen molar-refractivity contribution in [2.24, 2.45) is 5.92 Å². The van der Waals surface area contributed by atoms with Crippen LogP contribution in [0.4, 0.5) is 5.69 Å². The molecule has 1 amide bonds. The van der Waals surface area contributed by atoms with Crippen LogP contribution in [0.3, 0.4) is 0 Å².